The monoisotopic (exact) mass is 360 g/mol. The van der Waals surface area contributed by atoms with Gasteiger partial charge in [0.05, 0.1) is 16.1 Å². The van der Waals surface area contributed by atoms with Crippen molar-refractivity contribution < 1.29 is 0 Å². The van der Waals surface area contributed by atoms with Gasteiger partial charge in [-0.05, 0) is 23.6 Å². The highest BCUT2D eigenvalue weighted by Gasteiger charge is 2.18. The zero-order valence-electron chi connectivity index (χ0n) is 13.8. The summed E-state index contributed by atoms with van der Waals surface area (Å²) in [6, 6.07) is 19.2. The number of hydrogen-bond donors (Lipinski definition) is 0. The fourth-order valence-electron chi connectivity index (χ4n) is 3.50. The summed E-state index contributed by atoms with van der Waals surface area (Å²) in [5.74, 6) is 0. The molecule has 2 heterocycles. The van der Waals surface area contributed by atoms with E-state index in [0.717, 1.165) is 21.8 Å². The largest absolute Gasteiger partial charge is 0.309 e. The molecule has 0 saturated carbocycles. The molecular weight excluding hydrogens is 348 g/mol. The number of halogens is 1. The van der Waals surface area contributed by atoms with E-state index in [4.69, 9.17) is 11.6 Å². The Bertz CT molecular complexity index is 1380. The summed E-state index contributed by atoms with van der Waals surface area (Å²) >= 11 is 6.35. The summed E-state index contributed by atoms with van der Waals surface area (Å²) in [7, 11) is 1.77. The van der Waals surface area contributed by atoms with Crippen molar-refractivity contribution >= 4 is 38.9 Å². The second-order valence-corrected chi connectivity index (χ2v) is 6.60. The molecule has 0 saturated heterocycles. The number of hydrogen-bond acceptors (Lipinski definition) is 3. The third-order valence-corrected chi connectivity index (χ3v) is 5.09. The van der Waals surface area contributed by atoms with Crippen molar-refractivity contribution in [2.24, 2.45) is 7.05 Å². The number of benzene rings is 3. The molecule has 2 aromatic heterocycles. The van der Waals surface area contributed by atoms with Crippen LogP contribution in [0, 0.1) is 0 Å². The number of nitrogens with zero attached hydrogens (tertiary/aromatic N) is 4. The van der Waals surface area contributed by atoms with E-state index >= 15 is 0 Å². The van der Waals surface area contributed by atoms with Crippen LogP contribution in [0.25, 0.3) is 38.6 Å². The van der Waals surface area contributed by atoms with Gasteiger partial charge in [0.1, 0.15) is 5.69 Å². The Morgan fingerprint density at radius 3 is 2.42 bits per heavy atom. The first kappa shape index (κ1) is 15.1. The van der Waals surface area contributed by atoms with Crippen LogP contribution in [0.15, 0.2) is 65.5 Å². The normalized spacial score (nSPS) is 11.6. The van der Waals surface area contributed by atoms with E-state index in [0.29, 0.717) is 21.8 Å². The maximum atomic E-state index is 13.3. The SMILES string of the molecule is Cn1c(=O)c2c(-c3ccccc3Cl)nnn2c2cccc3cccc1c32. The van der Waals surface area contributed by atoms with E-state index in [9.17, 15) is 4.79 Å². The minimum Gasteiger partial charge on any atom is -0.309 e. The number of fused-ring (bicyclic) bond motifs is 2. The molecule has 0 unspecified atom stereocenters. The van der Waals surface area contributed by atoms with Crippen LogP contribution >= 0.6 is 11.6 Å². The highest BCUT2D eigenvalue weighted by atomic mass is 35.5. The molecule has 0 bridgehead atoms. The van der Waals surface area contributed by atoms with Crippen molar-refractivity contribution in [1.82, 2.24) is 19.4 Å². The highest BCUT2D eigenvalue weighted by Crippen LogP contribution is 2.30. The fraction of sp³-hybridized carbons (Fsp3) is 0.0500. The zero-order valence-corrected chi connectivity index (χ0v) is 14.6. The van der Waals surface area contributed by atoms with E-state index in [1.54, 1.807) is 22.2 Å². The number of aryl methyl sites for hydroxylation is 1. The summed E-state index contributed by atoms with van der Waals surface area (Å²) in [6.45, 7) is 0. The van der Waals surface area contributed by atoms with Gasteiger partial charge in [-0.15, -0.1) is 5.10 Å². The second kappa shape index (κ2) is 5.41. The van der Waals surface area contributed by atoms with Crippen LogP contribution in [-0.2, 0) is 7.05 Å². The molecular formula is C20H13ClN4O. The molecule has 0 radical (unpaired) electrons. The predicted octanol–water partition coefficient (Wildman–Crippen LogP) is 4.05. The number of rotatable bonds is 1. The summed E-state index contributed by atoms with van der Waals surface area (Å²) in [4.78, 5) is 13.3. The quantitative estimate of drug-likeness (QED) is 0.453. The summed E-state index contributed by atoms with van der Waals surface area (Å²) in [6.07, 6.45) is 0. The summed E-state index contributed by atoms with van der Waals surface area (Å²) in [5.41, 5.74) is 3.08. The third-order valence-electron chi connectivity index (χ3n) is 4.76. The lowest BCUT2D eigenvalue weighted by Crippen LogP contribution is -2.15. The fourth-order valence-corrected chi connectivity index (χ4v) is 3.73. The molecule has 0 fully saturated rings. The van der Waals surface area contributed by atoms with E-state index in [2.05, 4.69) is 10.3 Å². The lowest BCUT2D eigenvalue weighted by Gasteiger charge is -2.03. The van der Waals surface area contributed by atoms with E-state index < -0.39 is 0 Å². The number of aromatic nitrogens is 4. The van der Waals surface area contributed by atoms with Crippen molar-refractivity contribution in [2.75, 3.05) is 0 Å². The second-order valence-electron chi connectivity index (χ2n) is 6.19. The van der Waals surface area contributed by atoms with Crippen LogP contribution in [0.1, 0.15) is 0 Å². The van der Waals surface area contributed by atoms with Crippen molar-refractivity contribution in [1.29, 1.82) is 0 Å². The summed E-state index contributed by atoms with van der Waals surface area (Å²) < 4.78 is 3.27. The van der Waals surface area contributed by atoms with Crippen LogP contribution in [-0.4, -0.2) is 19.4 Å². The van der Waals surface area contributed by atoms with Crippen molar-refractivity contribution in [3.63, 3.8) is 0 Å². The molecule has 0 aliphatic heterocycles. The first-order valence-corrected chi connectivity index (χ1v) is 8.55. The van der Waals surface area contributed by atoms with Gasteiger partial charge in [-0.25, -0.2) is 4.52 Å². The molecule has 0 aliphatic carbocycles. The summed E-state index contributed by atoms with van der Waals surface area (Å²) in [5, 5.41) is 11.1. The zero-order chi connectivity index (χ0) is 17.8. The Balaban J connectivity index is 2.10. The van der Waals surface area contributed by atoms with Gasteiger partial charge in [-0.2, -0.15) is 0 Å². The van der Waals surface area contributed by atoms with Crippen LogP contribution in [0.4, 0.5) is 0 Å². The molecule has 0 N–H and O–H groups in total. The maximum absolute atomic E-state index is 13.3. The molecule has 3 aromatic carbocycles. The Morgan fingerprint density at radius 1 is 0.923 bits per heavy atom. The highest BCUT2D eigenvalue weighted by molar-refractivity contribution is 6.33. The molecule has 5 aromatic rings. The van der Waals surface area contributed by atoms with Gasteiger partial charge >= 0.3 is 0 Å². The van der Waals surface area contributed by atoms with Gasteiger partial charge in [0.2, 0.25) is 0 Å². The average molecular weight is 361 g/mol. The first-order chi connectivity index (χ1) is 12.7. The third kappa shape index (κ3) is 1.95. The predicted molar refractivity (Wildman–Crippen MR) is 104 cm³/mol. The molecule has 0 aliphatic rings. The molecule has 126 valence electrons. The molecule has 0 atom stereocenters. The van der Waals surface area contributed by atoms with Gasteiger partial charge in [0, 0.05) is 18.0 Å². The topological polar surface area (TPSA) is 52.2 Å². The first-order valence-electron chi connectivity index (χ1n) is 8.17. The van der Waals surface area contributed by atoms with E-state index in [1.807, 2.05) is 54.6 Å². The molecule has 26 heavy (non-hydrogen) atoms. The van der Waals surface area contributed by atoms with Crippen molar-refractivity contribution in [2.45, 2.75) is 0 Å². The standard InChI is InChI=1S/C20H13ClN4O/c1-24-15-10-4-6-12-7-5-11-16(17(12)15)25-19(20(24)26)18(22-23-25)13-8-2-3-9-14(13)21/h2-11H,1H3. The van der Waals surface area contributed by atoms with Crippen molar-refractivity contribution in [3.05, 3.63) is 76.0 Å². The van der Waals surface area contributed by atoms with Crippen LogP contribution in [0.5, 0.6) is 0 Å². The molecule has 6 heteroatoms. The molecule has 5 rings (SSSR count). The molecule has 0 spiro atoms. The van der Waals surface area contributed by atoms with Gasteiger partial charge < -0.3 is 4.57 Å². The Kier molecular flexibility index (Phi) is 3.14. The Hall–Kier alpha value is -3.18. The minimum atomic E-state index is -0.173. The molecule has 0 amide bonds. The van der Waals surface area contributed by atoms with Crippen LogP contribution in [0.3, 0.4) is 0 Å². The smallest absolute Gasteiger partial charge is 0.279 e. The van der Waals surface area contributed by atoms with Crippen LogP contribution < -0.4 is 5.56 Å². The van der Waals surface area contributed by atoms with Gasteiger partial charge in [0.15, 0.2) is 5.52 Å². The van der Waals surface area contributed by atoms with Gasteiger partial charge in [0.25, 0.3) is 5.56 Å². The lowest BCUT2D eigenvalue weighted by molar-refractivity contribution is 0.874. The van der Waals surface area contributed by atoms with E-state index in [1.165, 1.54) is 0 Å². The van der Waals surface area contributed by atoms with Gasteiger partial charge in [-0.1, -0.05) is 59.3 Å². The Morgan fingerprint density at radius 2 is 1.65 bits per heavy atom. The maximum Gasteiger partial charge on any atom is 0.279 e. The minimum absolute atomic E-state index is 0.173. The van der Waals surface area contributed by atoms with Crippen molar-refractivity contribution in [3.8, 4) is 11.3 Å². The molecule has 5 nitrogen and oxygen atoms in total. The lowest BCUT2D eigenvalue weighted by atomic mass is 10.1. The Labute approximate surface area is 153 Å². The van der Waals surface area contributed by atoms with Crippen LogP contribution in [0.2, 0.25) is 5.02 Å². The average Bonchev–Trinajstić information content (AvgIpc) is 3.07. The van der Waals surface area contributed by atoms with E-state index in [-0.39, 0.29) is 5.56 Å². The van der Waals surface area contributed by atoms with Gasteiger partial charge in [-0.3, -0.25) is 4.79 Å².